The zero-order chi connectivity index (χ0) is 19.2. The zero-order valence-electron chi connectivity index (χ0n) is 15.2. The molecule has 8 heteroatoms. The van der Waals surface area contributed by atoms with Crippen LogP contribution in [0.3, 0.4) is 0 Å². The van der Waals surface area contributed by atoms with Gasteiger partial charge in [-0.25, -0.2) is 4.98 Å². The van der Waals surface area contributed by atoms with Gasteiger partial charge in [0, 0.05) is 37.1 Å². The first-order chi connectivity index (χ1) is 13.1. The van der Waals surface area contributed by atoms with Gasteiger partial charge in [0.05, 0.1) is 6.33 Å². The second kappa shape index (κ2) is 8.48. The van der Waals surface area contributed by atoms with Crippen molar-refractivity contribution >= 4 is 17.7 Å². The highest BCUT2D eigenvalue weighted by molar-refractivity contribution is 5.95. The minimum Gasteiger partial charge on any atom is -0.355 e. The number of carbonyl (C=O) groups excluding carboxylic acids is 3. The van der Waals surface area contributed by atoms with Gasteiger partial charge >= 0.3 is 0 Å². The quantitative estimate of drug-likeness (QED) is 0.771. The van der Waals surface area contributed by atoms with Crippen molar-refractivity contribution in [3.05, 3.63) is 54.6 Å². The number of carbonyl (C=O) groups is 3. The van der Waals surface area contributed by atoms with Gasteiger partial charge in [0.25, 0.3) is 5.91 Å². The number of imidazole rings is 1. The third-order valence-electron chi connectivity index (χ3n) is 4.52. The second-order valence-electron chi connectivity index (χ2n) is 6.46. The second-order valence-corrected chi connectivity index (χ2v) is 6.46. The molecule has 2 atom stereocenters. The van der Waals surface area contributed by atoms with E-state index < -0.39 is 6.04 Å². The summed E-state index contributed by atoms with van der Waals surface area (Å²) in [5.41, 5.74) is 0.551. The van der Waals surface area contributed by atoms with Gasteiger partial charge in [0.1, 0.15) is 12.6 Å². The van der Waals surface area contributed by atoms with E-state index >= 15 is 0 Å². The van der Waals surface area contributed by atoms with E-state index in [0.29, 0.717) is 25.1 Å². The van der Waals surface area contributed by atoms with Gasteiger partial charge in [-0.3, -0.25) is 14.4 Å². The average Bonchev–Trinajstić information content (AvgIpc) is 3.32. The number of amides is 3. The summed E-state index contributed by atoms with van der Waals surface area (Å²) in [4.78, 5) is 43.0. The molecule has 1 aliphatic heterocycles. The van der Waals surface area contributed by atoms with Crippen molar-refractivity contribution < 1.29 is 14.4 Å². The molecule has 0 spiro atoms. The first kappa shape index (κ1) is 18.6. The first-order valence-electron chi connectivity index (χ1n) is 8.97. The molecule has 1 fully saturated rings. The van der Waals surface area contributed by atoms with Crippen molar-refractivity contribution in [2.45, 2.75) is 32.0 Å². The number of likely N-dealkylation sites (N-methyl/N-ethyl adjacent to an activating group) is 1. The van der Waals surface area contributed by atoms with Crippen LogP contribution in [0, 0.1) is 0 Å². The van der Waals surface area contributed by atoms with Crippen molar-refractivity contribution in [1.82, 2.24) is 25.1 Å². The predicted octanol–water partition coefficient (Wildman–Crippen LogP) is 0.419. The molecule has 0 saturated carbocycles. The minimum atomic E-state index is -0.595. The maximum atomic E-state index is 12.7. The van der Waals surface area contributed by atoms with Gasteiger partial charge in [-0.2, -0.15) is 0 Å². The summed E-state index contributed by atoms with van der Waals surface area (Å²) >= 11 is 0. The maximum Gasteiger partial charge on any atom is 0.251 e. The van der Waals surface area contributed by atoms with Crippen molar-refractivity contribution in [3.63, 3.8) is 0 Å². The van der Waals surface area contributed by atoms with E-state index in [0.717, 1.165) is 0 Å². The van der Waals surface area contributed by atoms with Gasteiger partial charge in [0.2, 0.25) is 11.8 Å². The topological polar surface area (TPSA) is 96.3 Å². The molecular formula is C19H23N5O3. The van der Waals surface area contributed by atoms with E-state index in [4.69, 9.17) is 0 Å². The Morgan fingerprint density at radius 3 is 2.67 bits per heavy atom. The number of aromatic nitrogens is 2. The molecule has 142 valence electrons. The molecule has 1 saturated heterocycles. The van der Waals surface area contributed by atoms with Crippen LogP contribution in [0.5, 0.6) is 0 Å². The fourth-order valence-electron chi connectivity index (χ4n) is 3.24. The molecule has 1 aromatic carbocycles. The van der Waals surface area contributed by atoms with Crippen molar-refractivity contribution in [3.8, 4) is 0 Å². The summed E-state index contributed by atoms with van der Waals surface area (Å²) in [6.45, 7) is 2.72. The summed E-state index contributed by atoms with van der Waals surface area (Å²) in [5, 5.41) is 5.71. The molecular weight excluding hydrogens is 346 g/mol. The molecule has 1 aromatic heterocycles. The van der Waals surface area contributed by atoms with E-state index in [1.807, 2.05) is 13.0 Å². The summed E-state index contributed by atoms with van der Waals surface area (Å²) in [5.74, 6) is -0.590. The number of nitrogens with one attached hydrogen (secondary N) is 2. The number of benzene rings is 1. The third kappa shape index (κ3) is 4.52. The molecule has 2 N–H and O–H groups in total. The van der Waals surface area contributed by atoms with Crippen LogP contribution in [0.25, 0.3) is 0 Å². The normalized spacial score (nSPS) is 18.9. The SMILES string of the molecule is CCNC(=O)[C@@H]1C[C@@H](NC(=O)c2ccccc2)CN1C(=O)Cn1ccnc1. The lowest BCUT2D eigenvalue weighted by Gasteiger charge is -2.23. The standard InChI is InChI=1S/C19H23N5O3/c1-2-21-19(27)16-10-15(22-18(26)14-6-4-3-5-7-14)11-24(16)17(25)12-23-9-8-20-13-23/h3-9,13,15-16H,2,10-12H2,1H3,(H,21,27)(H,22,26)/t15-,16+/m1/s1. The minimum absolute atomic E-state index is 0.106. The number of hydrogen-bond donors (Lipinski definition) is 2. The van der Waals surface area contributed by atoms with Crippen molar-refractivity contribution in [2.75, 3.05) is 13.1 Å². The van der Waals surface area contributed by atoms with Crippen LogP contribution in [-0.2, 0) is 16.1 Å². The van der Waals surface area contributed by atoms with Crippen LogP contribution in [0.4, 0.5) is 0 Å². The Kier molecular flexibility index (Phi) is 5.85. The highest BCUT2D eigenvalue weighted by atomic mass is 16.2. The molecule has 8 nitrogen and oxygen atoms in total. The molecule has 3 amide bonds. The Morgan fingerprint density at radius 1 is 1.22 bits per heavy atom. The van der Waals surface area contributed by atoms with Gasteiger partial charge in [-0.15, -0.1) is 0 Å². The third-order valence-corrected chi connectivity index (χ3v) is 4.52. The van der Waals surface area contributed by atoms with Crippen LogP contribution in [-0.4, -0.2) is 57.3 Å². The molecule has 3 rings (SSSR count). The fourth-order valence-corrected chi connectivity index (χ4v) is 3.24. The largest absolute Gasteiger partial charge is 0.355 e. The molecule has 1 aliphatic rings. The lowest BCUT2D eigenvalue weighted by Crippen LogP contribution is -2.47. The van der Waals surface area contributed by atoms with Crippen LogP contribution >= 0.6 is 0 Å². The molecule has 0 radical (unpaired) electrons. The summed E-state index contributed by atoms with van der Waals surface area (Å²) in [7, 11) is 0. The van der Waals surface area contributed by atoms with Gasteiger partial charge in [0.15, 0.2) is 0 Å². The van der Waals surface area contributed by atoms with E-state index in [-0.39, 0.29) is 30.3 Å². The summed E-state index contributed by atoms with van der Waals surface area (Å²) in [6, 6.07) is 8.01. The lowest BCUT2D eigenvalue weighted by atomic mass is 10.1. The molecule has 0 aliphatic carbocycles. The molecule has 0 unspecified atom stereocenters. The predicted molar refractivity (Wildman–Crippen MR) is 98.7 cm³/mol. The number of rotatable bonds is 6. The Morgan fingerprint density at radius 2 is 2.00 bits per heavy atom. The summed E-state index contributed by atoms with van der Waals surface area (Å²) in [6.07, 6.45) is 5.25. The fraction of sp³-hybridized carbons (Fsp3) is 0.368. The zero-order valence-corrected chi connectivity index (χ0v) is 15.2. The molecule has 2 aromatic rings. The van der Waals surface area contributed by atoms with Gasteiger partial charge in [-0.1, -0.05) is 18.2 Å². The lowest BCUT2D eigenvalue weighted by molar-refractivity contribution is -0.138. The average molecular weight is 369 g/mol. The van der Waals surface area contributed by atoms with Gasteiger partial charge in [-0.05, 0) is 25.5 Å². The smallest absolute Gasteiger partial charge is 0.251 e. The molecule has 2 heterocycles. The van der Waals surface area contributed by atoms with Crippen LogP contribution in [0.2, 0.25) is 0 Å². The van der Waals surface area contributed by atoms with Crippen molar-refractivity contribution in [1.29, 1.82) is 0 Å². The van der Waals surface area contributed by atoms with Crippen LogP contribution in [0.1, 0.15) is 23.7 Å². The monoisotopic (exact) mass is 369 g/mol. The van der Waals surface area contributed by atoms with E-state index in [9.17, 15) is 14.4 Å². The molecule has 0 bridgehead atoms. The van der Waals surface area contributed by atoms with E-state index in [1.54, 1.807) is 52.5 Å². The van der Waals surface area contributed by atoms with E-state index in [1.165, 1.54) is 0 Å². The van der Waals surface area contributed by atoms with Crippen molar-refractivity contribution in [2.24, 2.45) is 0 Å². The first-order valence-corrected chi connectivity index (χ1v) is 8.97. The Balaban J connectivity index is 1.69. The number of hydrogen-bond acceptors (Lipinski definition) is 4. The Labute approximate surface area is 157 Å². The highest BCUT2D eigenvalue weighted by Crippen LogP contribution is 2.19. The summed E-state index contributed by atoms with van der Waals surface area (Å²) < 4.78 is 1.66. The Bertz CT molecular complexity index is 791. The van der Waals surface area contributed by atoms with Gasteiger partial charge < -0.3 is 20.1 Å². The molecule has 27 heavy (non-hydrogen) atoms. The number of nitrogens with zero attached hydrogens (tertiary/aromatic N) is 3. The van der Waals surface area contributed by atoms with E-state index in [2.05, 4.69) is 15.6 Å². The van der Waals surface area contributed by atoms with Crippen LogP contribution in [0.15, 0.2) is 49.1 Å². The number of likely N-dealkylation sites (tertiary alicyclic amines) is 1. The maximum absolute atomic E-state index is 12.7. The van der Waals surface area contributed by atoms with Crippen LogP contribution < -0.4 is 10.6 Å². The highest BCUT2D eigenvalue weighted by Gasteiger charge is 2.39. The Hall–Kier alpha value is -3.16.